The van der Waals surface area contributed by atoms with E-state index in [4.69, 9.17) is 0 Å². The third-order valence-corrected chi connectivity index (χ3v) is 4.35. The van der Waals surface area contributed by atoms with E-state index in [9.17, 15) is 18.3 Å². The highest BCUT2D eigenvalue weighted by Crippen LogP contribution is 2.41. The number of aromatic hydroxyl groups is 1. The summed E-state index contributed by atoms with van der Waals surface area (Å²) in [5, 5.41) is 10.7. The van der Waals surface area contributed by atoms with Gasteiger partial charge in [-0.25, -0.2) is 0 Å². The van der Waals surface area contributed by atoms with Crippen LogP contribution in [0.5, 0.6) is 5.75 Å². The Morgan fingerprint density at radius 3 is 1.81 bits per heavy atom. The van der Waals surface area contributed by atoms with Crippen LogP contribution in [0.1, 0.15) is 63.8 Å². The lowest BCUT2D eigenvalue weighted by Crippen LogP contribution is -2.16. The molecule has 0 bridgehead atoms. The van der Waals surface area contributed by atoms with Crippen molar-refractivity contribution in [2.75, 3.05) is 0 Å². The summed E-state index contributed by atoms with van der Waals surface area (Å²) >= 11 is 0. The van der Waals surface area contributed by atoms with Gasteiger partial charge in [0, 0.05) is 11.8 Å². The summed E-state index contributed by atoms with van der Waals surface area (Å²) < 4.78 is 38.0. The molecular formula is C22H26F3NO. The minimum Gasteiger partial charge on any atom is -0.505 e. The first-order valence-corrected chi connectivity index (χ1v) is 8.79. The van der Waals surface area contributed by atoms with Crippen LogP contribution in [0.4, 0.5) is 18.9 Å². The topological polar surface area (TPSA) is 32.6 Å². The number of alkyl halides is 3. The molecule has 2 rings (SSSR count). The van der Waals surface area contributed by atoms with Gasteiger partial charge in [0.25, 0.3) is 0 Å². The number of rotatable bonds is 2. The molecule has 27 heavy (non-hydrogen) atoms. The number of hydrogen-bond acceptors (Lipinski definition) is 2. The molecule has 0 heterocycles. The molecule has 0 saturated carbocycles. The van der Waals surface area contributed by atoms with Gasteiger partial charge in [0.1, 0.15) is 11.4 Å². The van der Waals surface area contributed by atoms with Crippen LogP contribution in [0.25, 0.3) is 0 Å². The van der Waals surface area contributed by atoms with E-state index >= 15 is 0 Å². The average molecular weight is 377 g/mol. The number of benzene rings is 2. The van der Waals surface area contributed by atoms with Crippen molar-refractivity contribution in [3.8, 4) is 5.75 Å². The Balaban J connectivity index is 2.47. The number of hydrogen-bond donors (Lipinski definition) is 1. The lowest BCUT2D eigenvalue weighted by Gasteiger charge is -2.26. The van der Waals surface area contributed by atoms with Crippen molar-refractivity contribution in [1.29, 1.82) is 0 Å². The lowest BCUT2D eigenvalue weighted by atomic mass is 9.80. The SMILES string of the molecule is CC(C)(C)c1cc(N=Cc2ccc(C(F)(F)F)cc2)c(O)c(C(C)(C)C)c1. The summed E-state index contributed by atoms with van der Waals surface area (Å²) in [6.07, 6.45) is -2.90. The zero-order chi connectivity index (χ0) is 20.6. The van der Waals surface area contributed by atoms with E-state index in [0.717, 1.165) is 23.3 Å². The van der Waals surface area contributed by atoms with Crippen LogP contribution in [0.3, 0.4) is 0 Å². The highest BCUT2D eigenvalue weighted by Gasteiger charge is 2.30. The van der Waals surface area contributed by atoms with Crippen LogP contribution in [0, 0.1) is 0 Å². The van der Waals surface area contributed by atoms with E-state index in [1.54, 1.807) is 0 Å². The second kappa shape index (κ2) is 7.02. The smallest absolute Gasteiger partial charge is 0.416 e. The molecule has 1 N–H and O–H groups in total. The van der Waals surface area contributed by atoms with E-state index in [2.05, 4.69) is 25.8 Å². The van der Waals surface area contributed by atoms with Gasteiger partial charge in [-0.05, 0) is 40.2 Å². The van der Waals surface area contributed by atoms with Crippen molar-refractivity contribution in [3.63, 3.8) is 0 Å². The van der Waals surface area contributed by atoms with Crippen molar-refractivity contribution < 1.29 is 18.3 Å². The lowest BCUT2D eigenvalue weighted by molar-refractivity contribution is -0.137. The van der Waals surface area contributed by atoms with Gasteiger partial charge in [-0.1, -0.05) is 59.7 Å². The fourth-order valence-corrected chi connectivity index (χ4v) is 2.62. The van der Waals surface area contributed by atoms with Gasteiger partial charge in [-0.15, -0.1) is 0 Å². The minimum atomic E-state index is -4.36. The van der Waals surface area contributed by atoms with Gasteiger partial charge >= 0.3 is 6.18 Å². The summed E-state index contributed by atoms with van der Waals surface area (Å²) in [7, 11) is 0. The van der Waals surface area contributed by atoms with Gasteiger partial charge in [0.05, 0.1) is 5.56 Å². The van der Waals surface area contributed by atoms with E-state index in [0.29, 0.717) is 11.3 Å². The van der Waals surface area contributed by atoms with Crippen LogP contribution < -0.4 is 0 Å². The summed E-state index contributed by atoms with van der Waals surface area (Å²) in [6, 6.07) is 8.58. The Morgan fingerprint density at radius 1 is 0.815 bits per heavy atom. The summed E-state index contributed by atoms with van der Waals surface area (Å²) in [6.45, 7) is 12.3. The molecule has 0 amide bonds. The highest BCUT2D eigenvalue weighted by atomic mass is 19.4. The fourth-order valence-electron chi connectivity index (χ4n) is 2.62. The molecule has 0 fully saturated rings. The Bertz CT molecular complexity index is 836. The molecule has 2 nitrogen and oxygen atoms in total. The second-order valence-corrected chi connectivity index (χ2v) is 8.77. The second-order valence-electron chi connectivity index (χ2n) is 8.77. The Hall–Kier alpha value is -2.30. The van der Waals surface area contributed by atoms with Crippen molar-refractivity contribution in [3.05, 3.63) is 58.7 Å². The number of nitrogens with zero attached hydrogens (tertiary/aromatic N) is 1. The molecule has 2 aromatic carbocycles. The van der Waals surface area contributed by atoms with E-state index in [-0.39, 0.29) is 16.6 Å². The Labute approximate surface area is 158 Å². The predicted octanol–water partition coefficient (Wildman–Crippen LogP) is 6.76. The predicted molar refractivity (Wildman–Crippen MR) is 104 cm³/mol. The zero-order valence-electron chi connectivity index (χ0n) is 16.6. The van der Waals surface area contributed by atoms with Crippen molar-refractivity contribution in [2.24, 2.45) is 4.99 Å². The van der Waals surface area contributed by atoms with Gasteiger partial charge in [0.2, 0.25) is 0 Å². The monoisotopic (exact) mass is 377 g/mol. The molecule has 0 aliphatic heterocycles. The quantitative estimate of drug-likeness (QED) is 0.576. The molecular weight excluding hydrogens is 351 g/mol. The maximum Gasteiger partial charge on any atom is 0.416 e. The molecule has 0 aliphatic carbocycles. The highest BCUT2D eigenvalue weighted by molar-refractivity contribution is 5.83. The molecule has 0 unspecified atom stereocenters. The van der Waals surface area contributed by atoms with Gasteiger partial charge < -0.3 is 5.11 Å². The fraction of sp³-hybridized carbons (Fsp3) is 0.409. The number of phenolic OH excluding ortho intramolecular Hbond substituents is 1. The molecule has 0 radical (unpaired) electrons. The molecule has 2 aromatic rings. The summed E-state index contributed by atoms with van der Waals surface area (Å²) in [5.41, 5.74) is 1.65. The van der Waals surface area contributed by atoms with Crippen LogP contribution in [-0.4, -0.2) is 11.3 Å². The third kappa shape index (κ3) is 5.12. The zero-order valence-corrected chi connectivity index (χ0v) is 16.6. The first-order valence-electron chi connectivity index (χ1n) is 8.79. The average Bonchev–Trinajstić information content (AvgIpc) is 2.51. The summed E-state index contributed by atoms with van der Waals surface area (Å²) in [4.78, 5) is 4.36. The normalized spacial score (nSPS) is 13.4. The van der Waals surface area contributed by atoms with Crippen LogP contribution in [0.2, 0.25) is 0 Å². The maximum atomic E-state index is 12.7. The molecule has 0 aliphatic rings. The van der Waals surface area contributed by atoms with Crippen LogP contribution >= 0.6 is 0 Å². The first-order chi connectivity index (χ1) is 12.2. The molecule has 0 saturated heterocycles. The van der Waals surface area contributed by atoms with Gasteiger partial charge in [0.15, 0.2) is 0 Å². The Kier molecular flexibility index (Phi) is 5.46. The Morgan fingerprint density at radius 2 is 1.37 bits per heavy atom. The summed E-state index contributed by atoms with van der Waals surface area (Å²) in [5.74, 6) is 0.0960. The molecule has 5 heteroatoms. The maximum absolute atomic E-state index is 12.7. The molecule has 0 atom stereocenters. The molecule has 0 spiro atoms. The van der Waals surface area contributed by atoms with Gasteiger partial charge in [-0.3, -0.25) is 4.99 Å². The molecule has 0 aromatic heterocycles. The first kappa shape index (κ1) is 21.0. The van der Waals surface area contributed by atoms with Crippen LogP contribution in [0.15, 0.2) is 41.4 Å². The number of aliphatic imine (C=N–C) groups is 1. The minimum absolute atomic E-state index is 0.0960. The van der Waals surface area contributed by atoms with Crippen LogP contribution in [-0.2, 0) is 17.0 Å². The van der Waals surface area contributed by atoms with Crippen molar-refractivity contribution in [1.82, 2.24) is 0 Å². The van der Waals surface area contributed by atoms with E-state index < -0.39 is 11.7 Å². The number of phenols is 1. The third-order valence-electron chi connectivity index (χ3n) is 4.35. The van der Waals surface area contributed by atoms with Crippen molar-refractivity contribution in [2.45, 2.75) is 58.5 Å². The van der Waals surface area contributed by atoms with E-state index in [1.807, 2.05) is 32.9 Å². The number of halogens is 3. The standard InChI is InChI=1S/C22H26F3NO/c1-20(2,3)16-11-17(21(4,5)6)19(27)18(12-16)26-13-14-7-9-15(10-8-14)22(23,24)25/h7-13,27H,1-6H3. The van der Waals surface area contributed by atoms with E-state index in [1.165, 1.54) is 18.3 Å². The largest absolute Gasteiger partial charge is 0.505 e. The molecule has 146 valence electrons. The van der Waals surface area contributed by atoms with Crippen molar-refractivity contribution >= 4 is 11.9 Å². The van der Waals surface area contributed by atoms with Gasteiger partial charge in [-0.2, -0.15) is 13.2 Å².